The minimum absolute atomic E-state index is 0.0769. The van der Waals surface area contributed by atoms with Gasteiger partial charge in [0, 0.05) is 32.2 Å². The van der Waals surface area contributed by atoms with Crippen LogP contribution in [0.2, 0.25) is 0 Å². The highest BCUT2D eigenvalue weighted by atomic mass is 16.5. The largest absolute Gasteiger partial charge is 0.438 e. The molecule has 1 aromatic heterocycles. The van der Waals surface area contributed by atoms with Gasteiger partial charge in [0.05, 0.1) is 5.92 Å². The molecule has 2 aromatic carbocycles. The van der Waals surface area contributed by atoms with E-state index >= 15 is 0 Å². The van der Waals surface area contributed by atoms with Gasteiger partial charge >= 0.3 is 0 Å². The molecule has 1 aliphatic rings. The van der Waals surface area contributed by atoms with Crippen LogP contribution >= 0.6 is 0 Å². The van der Waals surface area contributed by atoms with Gasteiger partial charge in [-0.05, 0) is 30.2 Å². The molecule has 1 amide bonds. The summed E-state index contributed by atoms with van der Waals surface area (Å²) < 4.78 is 5.70. The van der Waals surface area contributed by atoms with Crippen LogP contribution in [0.25, 0.3) is 0 Å². The molecule has 1 unspecified atom stereocenters. The fourth-order valence-corrected chi connectivity index (χ4v) is 3.76. The Morgan fingerprint density at radius 3 is 2.17 bits per heavy atom. The minimum Gasteiger partial charge on any atom is -0.438 e. The second-order valence-corrected chi connectivity index (χ2v) is 7.33. The molecule has 154 valence electrons. The highest BCUT2D eigenvalue weighted by Crippen LogP contribution is 2.24. The Labute approximate surface area is 177 Å². The number of piperazine rings is 1. The molecule has 1 saturated heterocycles. The molecule has 3 aromatic rings. The van der Waals surface area contributed by atoms with Crippen LogP contribution in [0.15, 0.2) is 72.8 Å². The molecule has 0 bridgehead atoms. The molecule has 0 aliphatic carbocycles. The molecule has 0 spiro atoms. The van der Waals surface area contributed by atoms with Crippen molar-refractivity contribution < 1.29 is 9.53 Å². The Morgan fingerprint density at radius 1 is 0.900 bits per heavy atom. The van der Waals surface area contributed by atoms with Crippen molar-refractivity contribution in [2.75, 3.05) is 31.1 Å². The Balaban J connectivity index is 1.34. The van der Waals surface area contributed by atoms with E-state index < -0.39 is 0 Å². The maximum absolute atomic E-state index is 13.1. The Hall–Kier alpha value is -3.41. The quantitative estimate of drug-likeness (QED) is 0.621. The van der Waals surface area contributed by atoms with Crippen LogP contribution < -0.4 is 9.64 Å². The Bertz CT molecular complexity index is 940. The van der Waals surface area contributed by atoms with Crippen molar-refractivity contribution in [1.29, 1.82) is 0 Å². The van der Waals surface area contributed by atoms with Gasteiger partial charge in [0.2, 0.25) is 11.8 Å². The van der Waals surface area contributed by atoms with Crippen molar-refractivity contribution in [1.82, 2.24) is 15.1 Å². The molecule has 4 rings (SSSR count). The monoisotopic (exact) mass is 402 g/mol. The third kappa shape index (κ3) is 4.59. The average molecular weight is 402 g/mol. The van der Waals surface area contributed by atoms with Gasteiger partial charge in [0.15, 0.2) is 5.82 Å². The lowest BCUT2D eigenvalue weighted by Crippen LogP contribution is -2.50. The maximum Gasteiger partial charge on any atom is 0.238 e. The topological polar surface area (TPSA) is 58.6 Å². The molecule has 0 radical (unpaired) electrons. The average Bonchev–Trinajstić information content (AvgIpc) is 2.81. The summed E-state index contributed by atoms with van der Waals surface area (Å²) >= 11 is 0. The Morgan fingerprint density at radius 2 is 1.57 bits per heavy atom. The maximum atomic E-state index is 13.1. The van der Waals surface area contributed by atoms with Gasteiger partial charge in [-0.25, -0.2) is 0 Å². The lowest BCUT2D eigenvalue weighted by molar-refractivity contribution is -0.133. The number of carbonyl (C=O) groups is 1. The molecule has 1 atom stereocenters. The molecule has 1 fully saturated rings. The third-order valence-corrected chi connectivity index (χ3v) is 5.42. The highest BCUT2D eigenvalue weighted by molar-refractivity contribution is 5.84. The zero-order valence-electron chi connectivity index (χ0n) is 17.1. The van der Waals surface area contributed by atoms with Crippen LogP contribution in [0.3, 0.4) is 0 Å². The summed E-state index contributed by atoms with van der Waals surface area (Å²) in [6, 6.07) is 23.3. The smallest absolute Gasteiger partial charge is 0.238 e. The summed E-state index contributed by atoms with van der Waals surface area (Å²) in [5.41, 5.74) is 1.09. The van der Waals surface area contributed by atoms with Gasteiger partial charge in [-0.2, -0.15) is 0 Å². The molecule has 30 heavy (non-hydrogen) atoms. The number of nitrogens with zero attached hydrogens (tertiary/aromatic N) is 4. The second-order valence-electron chi connectivity index (χ2n) is 7.33. The number of ether oxygens (including phenoxy) is 1. The third-order valence-electron chi connectivity index (χ3n) is 5.42. The summed E-state index contributed by atoms with van der Waals surface area (Å²) in [7, 11) is 0. The van der Waals surface area contributed by atoms with Crippen molar-refractivity contribution in [3.63, 3.8) is 0 Å². The zero-order valence-corrected chi connectivity index (χ0v) is 17.1. The molecule has 2 heterocycles. The first-order valence-corrected chi connectivity index (χ1v) is 10.4. The number of para-hydroxylation sites is 1. The van der Waals surface area contributed by atoms with Gasteiger partial charge in [0.1, 0.15) is 5.75 Å². The number of rotatable bonds is 6. The van der Waals surface area contributed by atoms with Gasteiger partial charge < -0.3 is 14.5 Å². The van der Waals surface area contributed by atoms with E-state index in [2.05, 4.69) is 22.0 Å². The molecule has 0 N–H and O–H groups in total. The normalized spacial score (nSPS) is 15.0. The predicted molar refractivity (Wildman–Crippen MR) is 117 cm³/mol. The van der Waals surface area contributed by atoms with Gasteiger partial charge in [-0.1, -0.05) is 55.5 Å². The van der Waals surface area contributed by atoms with E-state index in [1.807, 2.05) is 77.7 Å². The van der Waals surface area contributed by atoms with Gasteiger partial charge in [-0.3, -0.25) is 4.79 Å². The summed E-state index contributed by atoms with van der Waals surface area (Å²) in [5.74, 6) is 2.13. The van der Waals surface area contributed by atoms with Gasteiger partial charge in [-0.15, -0.1) is 10.2 Å². The van der Waals surface area contributed by atoms with Crippen molar-refractivity contribution in [2.24, 2.45) is 0 Å². The van der Waals surface area contributed by atoms with Crippen molar-refractivity contribution in [3.8, 4) is 11.6 Å². The van der Waals surface area contributed by atoms with E-state index in [1.54, 1.807) is 0 Å². The van der Waals surface area contributed by atoms with E-state index in [0.717, 1.165) is 36.6 Å². The molecular formula is C24H26N4O2. The van der Waals surface area contributed by atoms with E-state index in [9.17, 15) is 4.79 Å². The minimum atomic E-state index is -0.0769. The molecule has 6 heteroatoms. The van der Waals surface area contributed by atoms with Crippen molar-refractivity contribution >= 4 is 11.7 Å². The van der Waals surface area contributed by atoms with E-state index in [1.165, 1.54) is 0 Å². The first-order valence-electron chi connectivity index (χ1n) is 10.4. The number of amides is 1. The summed E-state index contributed by atoms with van der Waals surface area (Å²) in [6.45, 7) is 4.92. The molecule has 1 aliphatic heterocycles. The molecule has 0 saturated carbocycles. The summed E-state index contributed by atoms with van der Waals surface area (Å²) in [4.78, 5) is 17.2. The number of hydrogen-bond acceptors (Lipinski definition) is 5. The lowest BCUT2D eigenvalue weighted by atomic mass is 9.95. The fraction of sp³-hybridized carbons (Fsp3) is 0.292. The van der Waals surface area contributed by atoms with Crippen LogP contribution in [0.5, 0.6) is 11.6 Å². The predicted octanol–water partition coefficient (Wildman–Crippen LogP) is 4.11. The number of aromatic nitrogens is 2. The van der Waals surface area contributed by atoms with E-state index in [4.69, 9.17) is 4.74 Å². The first-order chi connectivity index (χ1) is 14.7. The highest BCUT2D eigenvalue weighted by Gasteiger charge is 2.27. The van der Waals surface area contributed by atoms with Crippen LogP contribution in [-0.2, 0) is 4.79 Å². The Kier molecular flexibility index (Phi) is 6.23. The number of anilines is 1. The number of carbonyl (C=O) groups excluding carboxylic acids is 1. The molecule has 6 nitrogen and oxygen atoms in total. The van der Waals surface area contributed by atoms with Gasteiger partial charge in [0.25, 0.3) is 0 Å². The standard InChI is InChI=1S/C24H26N4O2/c1-2-21(19-9-5-3-6-10-19)24(29)28-17-15-27(16-18-28)22-13-14-23(26-25-22)30-20-11-7-4-8-12-20/h3-14,21H,2,15-18H2,1H3. The fourth-order valence-electron chi connectivity index (χ4n) is 3.76. The van der Waals surface area contributed by atoms with E-state index in [0.29, 0.717) is 19.0 Å². The number of benzene rings is 2. The van der Waals surface area contributed by atoms with E-state index in [-0.39, 0.29) is 11.8 Å². The van der Waals surface area contributed by atoms with Crippen molar-refractivity contribution in [2.45, 2.75) is 19.3 Å². The number of hydrogen-bond donors (Lipinski definition) is 0. The summed E-state index contributed by atoms with van der Waals surface area (Å²) in [6.07, 6.45) is 0.803. The van der Waals surface area contributed by atoms with Crippen LogP contribution in [-0.4, -0.2) is 47.2 Å². The SMILES string of the molecule is CCC(C(=O)N1CCN(c2ccc(Oc3ccccc3)nn2)CC1)c1ccccc1. The summed E-state index contributed by atoms with van der Waals surface area (Å²) in [5, 5.41) is 8.50. The second kappa shape index (κ2) is 9.39. The first kappa shape index (κ1) is 19.9. The zero-order chi connectivity index (χ0) is 20.8. The molecular weight excluding hydrogens is 376 g/mol. The van der Waals surface area contributed by atoms with Crippen LogP contribution in [0.4, 0.5) is 5.82 Å². The van der Waals surface area contributed by atoms with Crippen molar-refractivity contribution in [3.05, 3.63) is 78.4 Å². The lowest BCUT2D eigenvalue weighted by Gasteiger charge is -2.36. The van der Waals surface area contributed by atoms with Crippen LogP contribution in [0, 0.1) is 0 Å². The van der Waals surface area contributed by atoms with Crippen LogP contribution in [0.1, 0.15) is 24.8 Å².